The molecule has 30 heavy (non-hydrogen) atoms. The molecule has 2 aromatic rings. The number of halogens is 3. The number of alkyl halides is 3. The second kappa shape index (κ2) is 9.95. The zero-order valence-corrected chi connectivity index (χ0v) is 16.8. The van der Waals surface area contributed by atoms with E-state index in [2.05, 4.69) is 0 Å². The van der Waals surface area contributed by atoms with Gasteiger partial charge in [-0.05, 0) is 36.4 Å². The van der Waals surface area contributed by atoms with Crippen LogP contribution in [0.25, 0.3) is 0 Å². The minimum atomic E-state index is -4.34. The molecule has 0 saturated carbocycles. The number of rotatable bonds is 7. The number of ether oxygens (including phenoxy) is 2. The Balaban J connectivity index is 1.48. The lowest BCUT2D eigenvalue weighted by Gasteiger charge is -2.26. The molecule has 0 aliphatic carbocycles. The summed E-state index contributed by atoms with van der Waals surface area (Å²) in [5.74, 6) is 0.532. The Morgan fingerprint density at radius 3 is 2.40 bits per heavy atom. The van der Waals surface area contributed by atoms with E-state index in [0.717, 1.165) is 11.6 Å². The van der Waals surface area contributed by atoms with Gasteiger partial charge in [-0.15, -0.1) is 0 Å². The number of benzene rings is 2. The van der Waals surface area contributed by atoms with Gasteiger partial charge in [0.05, 0.1) is 18.8 Å². The van der Waals surface area contributed by atoms with Crippen LogP contribution in [0.3, 0.4) is 0 Å². The monoisotopic (exact) mass is 422 g/mol. The molecule has 1 amide bonds. The summed E-state index contributed by atoms with van der Waals surface area (Å²) in [5.41, 5.74) is 0.965. The number of hydrogen-bond donors (Lipinski definition) is 0. The van der Waals surface area contributed by atoms with Gasteiger partial charge in [0, 0.05) is 26.2 Å². The molecule has 0 atom stereocenters. The first-order chi connectivity index (χ1) is 14.3. The van der Waals surface area contributed by atoms with Crippen LogP contribution >= 0.6 is 0 Å². The van der Waals surface area contributed by atoms with Gasteiger partial charge in [-0.25, -0.2) is 0 Å². The fourth-order valence-corrected chi connectivity index (χ4v) is 3.27. The molecule has 1 aliphatic rings. The molecular formula is C22H25F3N2O3. The molecule has 0 bridgehead atoms. The van der Waals surface area contributed by atoms with E-state index in [-0.39, 0.29) is 12.5 Å². The standard InChI is InChI=1S/C22H25F3N2O3/c1-26(15-18-3-2-4-19(13-18)22(23,24)25)14-17-5-7-20(8-6-17)30-16-21(28)27-9-11-29-12-10-27/h2-8,13H,9-12,14-16H2,1H3. The van der Waals surface area contributed by atoms with Gasteiger partial charge in [-0.3, -0.25) is 9.69 Å². The quantitative estimate of drug-likeness (QED) is 0.684. The first-order valence-corrected chi connectivity index (χ1v) is 9.73. The highest BCUT2D eigenvalue weighted by atomic mass is 19.4. The Morgan fingerprint density at radius 1 is 1.07 bits per heavy atom. The topological polar surface area (TPSA) is 42.0 Å². The number of nitrogens with zero attached hydrogens (tertiary/aromatic N) is 2. The van der Waals surface area contributed by atoms with Crippen molar-refractivity contribution in [3.63, 3.8) is 0 Å². The van der Waals surface area contributed by atoms with Crippen molar-refractivity contribution in [3.8, 4) is 5.75 Å². The Hall–Kier alpha value is -2.58. The van der Waals surface area contributed by atoms with Crippen molar-refractivity contribution in [1.82, 2.24) is 9.80 Å². The number of amides is 1. The largest absolute Gasteiger partial charge is 0.484 e. The average molecular weight is 422 g/mol. The van der Waals surface area contributed by atoms with E-state index < -0.39 is 11.7 Å². The van der Waals surface area contributed by atoms with Crippen LogP contribution in [-0.4, -0.2) is 55.7 Å². The molecule has 0 aromatic heterocycles. The number of hydrogen-bond acceptors (Lipinski definition) is 4. The second-order valence-corrected chi connectivity index (χ2v) is 7.30. The number of morpholine rings is 1. The molecular weight excluding hydrogens is 397 g/mol. The predicted octanol–water partition coefficient (Wildman–Crippen LogP) is 3.58. The van der Waals surface area contributed by atoms with Crippen LogP contribution in [-0.2, 0) is 28.8 Å². The Kier molecular flexibility index (Phi) is 7.33. The van der Waals surface area contributed by atoms with E-state index in [1.807, 2.05) is 24.1 Å². The summed E-state index contributed by atoms with van der Waals surface area (Å²) in [6, 6.07) is 12.7. The minimum Gasteiger partial charge on any atom is -0.484 e. The Morgan fingerprint density at radius 2 is 1.73 bits per heavy atom. The highest BCUT2D eigenvalue weighted by Crippen LogP contribution is 2.29. The molecule has 0 N–H and O–H groups in total. The first kappa shape index (κ1) is 22.1. The lowest BCUT2D eigenvalue weighted by Crippen LogP contribution is -2.42. The number of carbonyl (C=O) groups is 1. The lowest BCUT2D eigenvalue weighted by atomic mass is 10.1. The van der Waals surface area contributed by atoms with Crippen molar-refractivity contribution in [2.75, 3.05) is 40.0 Å². The van der Waals surface area contributed by atoms with Gasteiger partial charge < -0.3 is 14.4 Å². The Labute approximate surface area is 174 Å². The van der Waals surface area contributed by atoms with Gasteiger partial charge in [0.25, 0.3) is 5.91 Å². The summed E-state index contributed by atoms with van der Waals surface area (Å²) in [6.45, 7) is 3.22. The maximum Gasteiger partial charge on any atom is 0.416 e. The first-order valence-electron chi connectivity index (χ1n) is 9.73. The van der Waals surface area contributed by atoms with E-state index in [9.17, 15) is 18.0 Å². The lowest BCUT2D eigenvalue weighted by molar-refractivity contribution is -0.138. The van der Waals surface area contributed by atoms with Crippen molar-refractivity contribution in [2.24, 2.45) is 0 Å². The summed E-state index contributed by atoms with van der Waals surface area (Å²) in [4.78, 5) is 15.8. The average Bonchev–Trinajstić information content (AvgIpc) is 2.73. The SMILES string of the molecule is CN(Cc1ccc(OCC(=O)N2CCOCC2)cc1)Cc1cccc(C(F)(F)F)c1. The molecule has 0 spiro atoms. The van der Waals surface area contributed by atoms with Gasteiger partial charge in [-0.2, -0.15) is 13.2 Å². The molecule has 8 heteroatoms. The van der Waals surface area contributed by atoms with Gasteiger partial charge in [0.1, 0.15) is 5.75 Å². The summed E-state index contributed by atoms with van der Waals surface area (Å²) in [7, 11) is 1.85. The van der Waals surface area contributed by atoms with Crippen molar-refractivity contribution in [1.29, 1.82) is 0 Å². The molecule has 3 rings (SSSR count). The van der Waals surface area contributed by atoms with Crippen LogP contribution in [0.5, 0.6) is 5.75 Å². The molecule has 1 heterocycles. The summed E-state index contributed by atoms with van der Waals surface area (Å²) >= 11 is 0. The second-order valence-electron chi connectivity index (χ2n) is 7.30. The van der Waals surface area contributed by atoms with E-state index in [0.29, 0.717) is 50.7 Å². The molecule has 0 radical (unpaired) electrons. The summed E-state index contributed by atoms with van der Waals surface area (Å²) in [5, 5.41) is 0. The summed E-state index contributed by atoms with van der Waals surface area (Å²) < 4.78 is 49.4. The van der Waals surface area contributed by atoms with Crippen LogP contribution in [0.15, 0.2) is 48.5 Å². The molecule has 1 aliphatic heterocycles. The van der Waals surface area contributed by atoms with Crippen LogP contribution in [0.1, 0.15) is 16.7 Å². The predicted molar refractivity (Wildman–Crippen MR) is 106 cm³/mol. The maximum absolute atomic E-state index is 12.9. The highest BCUT2D eigenvalue weighted by Gasteiger charge is 2.30. The Bertz CT molecular complexity index is 834. The van der Waals surface area contributed by atoms with Crippen molar-refractivity contribution >= 4 is 5.91 Å². The van der Waals surface area contributed by atoms with Crippen LogP contribution in [0.2, 0.25) is 0 Å². The molecule has 1 fully saturated rings. The van der Waals surface area contributed by atoms with Gasteiger partial charge >= 0.3 is 6.18 Å². The van der Waals surface area contributed by atoms with E-state index in [4.69, 9.17) is 9.47 Å². The van der Waals surface area contributed by atoms with Crippen molar-refractivity contribution in [3.05, 3.63) is 65.2 Å². The maximum atomic E-state index is 12.9. The third-order valence-electron chi connectivity index (χ3n) is 4.81. The van der Waals surface area contributed by atoms with E-state index in [1.165, 1.54) is 12.1 Å². The van der Waals surface area contributed by atoms with Crippen molar-refractivity contribution < 1.29 is 27.4 Å². The smallest absolute Gasteiger partial charge is 0.416 e. The molecule has 162 valence electrons. The fraction of sp³-hybridized carbons (Fsp3) is 0.409. The van der Waals surface area contributed by atoms with Gasteiger partial charge in [-0.1, -0.05) is 30.3 Å². The normalized spacial score (nSPS) is 14.8. The van der Waals surface area contributed by atoms with E-state index >= 15 is 0 Å². The van der Waals surface area contributed by atoms with Crippen molar-refractivity contribution in [2.45, 2.75) is 19.3 Å². The zero-order valence-electron chi connectivity index (χ0n) is 16.8. The molecule has 0 unspecified atom stereocenters. The third kappa shape index (κ3) is 6.47. The van der Waals surface area contributed by atoms with Crippen LogP contribution < -0.4 is 4.74 Å². The molecule has 2 aromatic carbocycles. The van der Waals surface area contributed by atoms with Crippen LogP contribution in [0.4, 0.5) is 13.2 Å². The molecule has 1 saturated heterocycles. The number of carbonyl (C=O) groups excluding carboxylic acids is 1. The zero-order chi connectivity index (χ0) is 21.6. The summed E-state index contributed by atoms with van der Waals surface area (Å²) in [6.07, 6.45) is -4.34. The highest BCUT2D eigenvalue weighted by molar-refractivity contribution is 5.77. The van der Waals surface area contributed by atoms with E-state index in [1.54, 1.807) is 23.1 Å². The third-order valence-corrected chi connectivity index (χ3v) is 4.81. The minimum absolute atomic E-state index is 0.0191. The fourth-order valence-electron chi connectivity index (χ4n) is 3.27. The van der Waals surface area contributed by atoms with Crippen LogP contribution in [0, 0.1) is 0 Å². The van der Waals surface area contributed by atoms with Gasteiger partial charge in [0.15, 0.2) is 6.61 Å². The molecule has 5 nitrogen and oxygen atoms in total. The van der Waals surface area contributed by atoms with Gasteiger partial charge in [0.2, 0.25) is 0 Å².